The van der Waals surface area contributed by atoms with Crippen molar-refractivity contribution in [2.24, 2.45) is 5.92 Å². The highest BCUT2D eigenvalue weighted by atomic mass is 16.1. The summed E-state index contributed by atoms with van der Waals surface area (Å²) in [6.45, 7) is 10.1. The molecule has 0 fully saturated rings. The maximum absolute atomic E-state index is 12.4. The first-order valence-electron chi connectivity index (χ1n) is 6.84. The van der Waals surface area contributed by atoms with Gasteiger partial charge in [0.1, 0.15) is 0 Å². The number of pyridine rings is 1. The van der Waals surface area contributed by atoms with Gasteiger partial charge in [0.15, 0.2) is 0 Å². The van der Waals surface area contributed by atoms with Crippen molar-refractivity contribution in [3.8, 4) is 0 Å². The van der Waals surface area contributed by atoms with Gasteiger partial charge in [-0.2, -0.15) is 0 Å². The molecule has 0 aliphatic heterocycles. The van der Waals surface area contributed by atoms with Crippen LogP contribution in [-0.4, -0.2) is 11.6 Å². The molecule has 0 atom stereocenters. The zero-order valence-corrected chi connectivity index (χ0v) is 12.3. The summed E-state index contributed by atoms with van der Waals surface area (Å²) < 4.78 is 1.96. The second-order valence-electron chi connectivity index (χ2n) is 5.61. The van der Waals surface area contributed by atoms with Crippen molar-refractivity contribution in [2.75, 3.05) is 7.05 Å². The zero-order valence-electron chi connectivity index (χ0n) is 12.3. The molecule has 0 radical (unpaired) electrons. The van der Waals surface area contributed by atoms with Gasteiger partial charge in [-0.3, -0.25) is 4.79 Å². The summed E-state index contributed by atoms with van der Waals surface area (Å²) in [4.78, 5) is 12.4. The Labute approximate surface area is 110 Å². The Morgan fingerprint density at radius 2 is 1.89 bits per heavy atom. The Hall–Kier alpha value is -1.09. The van der Waals surface area contributed by atoms with E-state index in [0.29, 0.717) is 18.4 Å². The highest BCUT2D eigenvalue weighted by Gasteiger charge is 2.11. The van der Waals surface area contributed by atoms with Crippen LogP contribution in [0.25, 0.3) is 0 Å². The Balaban J connectivity index is 3.14. The molecule has 0 saturated heterocycles. The normalized spacial score (nSPS) is 11.5. The molecule has 0 amide bonds. The van der Waals surface area contributed by atoms with E-state index < -0.39 is 0 Å². The van der Waals surface area contributed by atoms with E-state index in [2.05, 4.69) is 39.1 Å². The lowest BCUT2D eigenvalue weighted by Gasteiger charge is -2.18. The second-order valence-corrected chi connectivity index (χ2v) is 5.61. The number of aromatic nitrogens is 1. The molecule has 1 aromatic rings. The molecule has 1 N–H and O–H groups in total. The zero-order chi connectivity index (χ0) is 13.7. The largest absolute Gasteiger partial charge is 0.315 e. The fourth-order valence-corrected chi connectivity index (χ4v) is 2.08. The van der Waals surface area contributed by atoms with Crippen molar-refractivity contribution in [3.05, 3.63) is 33.7 Å². The molecular formula is C15H26N2O. The molecule has 0 spiro atoms. The van der Waals surface area contributed by atoms with Gasteiger partial charge in [-0.25, -0.2) is 0 Å². The highest BCUT2D eigenvalue weighted by molar-refractivity contribution is 5.18. The molecule has 0 saturated carbocycles. The van der Waals surface area contributed by atoms with E-state index in [0.717, 1.165) is 24.2 Å². The van der Waals surface area contributed by atoms with Crippen LogP contribution in [0.1, 0.15) is 51.3 Å². The summed E-state index contributed by atoms with van der Waals surface area (Å²) >= 11 is 0. The van der Waals surface area contributed by atoms with E-state index in [-0.39, 0.29) is 5.56 Å². The SMILES string of the molecule is CNCc1ccc(C(C)C)n(CCC(C)C)c1=O. The summed E-state index contributed by atoms with van der Waals surface area (Å²) in [5, 5.41) is 3.05. The molecule has 3 nitrogen and oxygen atoms in total. The molecule has 3 heteroatoms. The van der Waals surface area contributed by atoms with Crippen LogP contribution in [0.2, 0.25) is 0 Å². The van der Waals surface area contributed by atoms with E-state index in [1.54, 1.807) is 0 Å². The van der Waals surface area contributed by atoms with E-state index in [1.165, 1.54) is 0 Å². The molecule has 1 rings (SSSR count). The van der Waals surface area contributed by atoms with Crippen molar-refractivity contribution in [1.82, 2.24) is 9.88 Å². The smallest absolute Gasteiger partial charge is 0.255 e. The van der Waals surface area contributed by atoms with Crippen LogP contribution in [0.15, 0.2) is 16.9 Å². The fourth-order valence-electron chi connectivity index (χ4n) is 2.08. The van der Waals surface area contributed by atoms with Gasteiger partial charge in [-0.05, 0) is 31.4 Å². The first kappa shape index (κ1) is 15.0. The number of nitrogens with one attached hydrogen (secondary N) is 1. The lowest BCUT2D eigenvalue weighted by atomic mass is 10.1. The van der Waals surface area contributed by atoms with Crippen LogP contribution in [0.5, 0.6) is 0 Å². The van der Waals surface area contributed by atoms with Gasteiger partial charge in [0.2, 0.25) is 0 Å². The van der Waals surface area contributed by atoms with E-state index in [1.807, 2.05) is 17.7 Å². The minimum atomic E-state index is 0.163. The molecule has 0 aromatic carbocycles. The molecule has 0 bridgehead atoms. The Morgan fingerprint density at radius 1 is 1.22 bits per heavy atom. The third kappa shape index (κ3) is 3.70. The van der Waals surface area contributed by atoms with Gasteiger partial charge in [0.05, 0.1) is 0 Å². The standard InChI is InChI=1S/C15H26N2O/c1-11(2)8-9-17-14(12(3)4)7-6-13(10-16-5)15(17)18/h6-7,11-12,16H,8-10H2,1-5H3. The van der Waals surface area contributed by atoms with Crippen molar-refractivity contribution < 1.29 is 0 Å². The highest BCUT2D eigenvalue weighted by Crippen LogP contribution is 2.14. The van der Waals surface area contributed by atoms with E-state index in [9.17, 15) is 4.79 Å². The summed E-state index contributed by atoms with van der Waals surface area (Å²) in [6.07, 6.45) is 1.04. The minimum absolute atomic E-state index is 0.163. The molecule has 1 heterocycles. The summed E-state index contributed by atoms with van der Waals surface area (Å²) in [6, 6.07) is 4.05. The van der Waals surface area contributed by atoms with Gasteiger partial charge in [0, 0.05) is 24.3 Å². The van der Waals surface area contributed by atoms with Gasteiger partial charge in [-0.15, -0.1) is 0 Å². The van der Waals surface area contributed by atoms with Crippen molar-refractivity contribution in [3.63, 3.8) is 0 Å². The molecular weight excluding hydrogens is 224 g/mol. The number of hydrogen-bond donors (Lipinski definition) is 1. The van der Waals surface area contributed by atoms with Gasteiger partial charge >= 0.3 is 0 Å². The summed E-state index contributed by atoms with van der Waals surface area (Å²) in [5.41, 5.74) is 2.15. The quantitative estimate of drug-likeness (QED) is 0.842. The maximum atomic E-state index is 12.4. The lowest BCUT2D eigenvalue weighted by molar-refractivity contribution is 0.488. The van der Waals surface area contributed by atoms with Crippen LogP contribution >= 0.6 is 0 Å². The van der Waals surface area contributed by atoms with Crippen LogP contribution in [0, 0.1) is 5.92 Å². The summed E-state index contributed by atoms with van der Waals surface area (Å²) in [7, 11) is 1.87. The Morgan fingerprint density at radius 3 is 2.39 bits per heavy atom. The van der Waals surface area contributed by atoms with Crippen molar-refractivity contribution >= 4 is 0 Å². The first-order valence-corrected chi connectivity index (χ1v) is 6.84. The maximum Gasteiger partial charge on any atom is 0.255 e. The predicted octanol–water partition coefficient (Wildman–Crippen LogP) is 2.74. The molecule has 102 valence electrons. The molecule has 1 aromatic heterocycles. The van der Waals surface area contributed by atoms with E-state index >= 15 is 0 Å². The predicted molar refractivity (Wildman–Crippen MR) is 77.0 cm³/mol. The second kappa shape index (κ2) is 6.74. The van der Waals surface area contributed by atoms with E-state index in [4.69, 9.17) is 0 Å². The Kier molecular flexibility index (Phi) is 5.60. The lowest BCUT2D eigenvalue weighted by Crippen LogP contribution is -2.29. The first-order chi connectivity index (χ1) is 8.47. The summed E-state index contributed by atoms with van der Waals surface area (Å²) in [5.74, 6) is 0.998. The van der Waals surface area contributed by atoms with Crippen LogP contribution in [-0.2, 0) is 13.1 Å². The van der Waals surface area contributed by atoms with Crippen LogP contribution in [0.4, 0.5) is 0 Å². The topological polar surface area (TPSA) is 34.0 Å². The molecule has 0 aliphatic carbocycles. The average Bonchev–Trinajstić information content (AvgIpc) is 2.29. The third-order valence-corrected chi connectivity index (χ3v) is 3.18. The molecule has 0 unspecified atom stereocenters. The molecule has 18 heavy (non-hydrogen) atoms. The minimum Gasteiger partial charge on any atom is -0.315 e. The fraction of sp³-hybridized carbons (Fsp3) is 0.667. The number of hydrogen-bond acceptors (Lipinski definition) is 2. The van der Waals surface area contributed by atoms with Crippen molar-refractivity contribution in [1.29, 1.82) is 0 Å². The Bertz CT molecular complexity index is 433. The van der Waals surface area contributed by atoms with Crippen LogP contribution in [0.3, 0.4) is 0 Å². The average molecular weight is 250 g/mol. The van der Waals surface area contributed by atoms with Gasteiger partial charge in [-0.1, -0.05) is 33.8 Å². The van der Waals surface area contributed by atoms with Gasteiger partial charge < -0.3 is 9.88 Å². The van der Waals surface area contributed by atoms with Gasteiger partial charge in [0.25, 0.3) is 5.56 Å². The number of rotatable bonds is 6. The third-order valence-electron chi connectivity index (χ3n) is 3.18. The monoisotopic (exact) mass is 250 g/mol. The van der Waals surface area contributed by atoms with Crippen LogP contribution < -0.4 is 10.9 Å². The number of nitrogens with zero attached hydrogens (tertiary/aromatic N) is 1. The molecule has 0 aliphatic rings. The van der Waals surface area contributed by atoms with Crippen molar-refractivity contribution in [2.45, 2.75) is 53.1 Å².